The molecule has 0 unspecified atom stereocenters. The summed E-state index contributed by atoms with van der Waals surface area (Å²) in [6.07, 6.45) is 1.61. The maximum Gasteiger partial charge on any atom is 0.343 e. The summed E-state index contributed by atoms with van der Waals surface area (Å²) in [5.41, 5.74) is 0.631. The van der Waals surface area contributed by atoms with Crippen molar-refractivity contribution < 1.29 is 17.9 Å². The van der Waals surface area contributed by atoms with E-state index < -0.39 is 16.0 Å². The second-order valence-electron chi connectivity index (χ2n) is 5.96. The Morgan fingerprint density at radius 3 is 2.54 bits per heavy atom. The van der Waals surface area contributed by atoms with Gasteiger partial charge in [0.15, 0.2) is 5.75 Å². The fourth-order valence-electron chi connectivity index (χ4n) is 2.85. The van der Waals surface area contributed by atoms with Gasteiger partial charge in [0.05, 0.1) is 10.6 Å². The van der Waals surface area contributed by atoms with Crippen molar-refractivity contribution in [2.24, 2.45) is 0 Å². The van der Waals surface area contributed by atoms with E-state index in [1.165, 1.54) is 22.5 Å². The third-order valence-electron chi connectivity index (χ3n) is 4.29. The highest BCUT2D eigenvalue weighted by Gasteiger charge is 2.26. The molecule has 146 valence electrons. The van der Waals surface area contributed by atoms with Gasteiger partial charge in [0, 0.05) is 24.7 Å². The lowest BCUT2D eigenvalue weighted by molar-refractivity contribution is 0.0736. The number of nitrogens with zero attached hydrogens (tertiary/aromatic N) is 2. The number of esters is 1. The van der Waals surface area contributed by atoms with E-state index in [9.17, 15) is 13.2 Å². The molecule has 0 aliphatic heterocycles. The van der Waals surface area contributed by atoms with E-state index in [2.05, 4.69) is 4.98 Å². The summed E-state index contributed by atoms with van der Waals surface area (Å²) in [6, 6.07) is 13.0. The first kappa shape index (κ1) is 20.3. The minimum Gasteiger partial charge on any atom is -0.421 e. The Morgan fingerprint density at radius 2 is 1.82 bits per heavy atom. The highest BCUT2D eigenvalue weighted by molar-refractivity contribution is 7.89. The van der Waals surface area contributed by atoms with E-state index in [0.29, 0.717) is 24.4 Å². The molecule has 3 aromatic rings. The van der Waals surface area contributed by atoms with Crippen LogP contribution in [0.5, 0.6) is 5.75 Å². The lowest BCUT2D eigenvalue weighted by Crippen LogP contribution is -2.31. The summed E-state index contributed by atoms with van der Waals surface area (Å²) in [7, 11) is -3.81. The molecule has 0 radical (unpaired) electrons. The zero-order chi connectivity index (χ0) is 20.3. The number of ether oxygens (including phenoxy) is 1. The molecule has 0 saturated carbocycles. The molecule has 0 amide bonds. The van der Waals surface area contributed by atoms with Crippen LogP contribution in [0.1, 0.15) is 24.2 Å². The number of fused-ring (bicyclic) bond motifs is 1. The number of aromatic nitrogens is 1. The van der Waals surface area contributed by atoms with Gasteiger partial charge in [-0.3, -0.25) is 4.98 Å². The number of pyridine rings is 1. The standard InChI is InChI=1S/C20H19ClN2O4S/c1-3-23(4-2)28(25,26)18-13-15(10-11-16(18)21)20(24)27-17-9-5-7-14-8-6-12-22-19(14)17/h5-13H,3-4H2,1-2H3. The number of carbonyl (C=O) groups is 1. The number of benzene rings is 2. The second kappa shape index (κ2) is 8.26. The van der Waals surface area contributed by atoms with Crippen molar-refractivity contribution in [2.45, 2.75) is 18.7 Å². The number of hydrogen-bond acceptors (Lipinski definition) is 5. The molecule has 0 fully saturated rings. The molecular weight excluding hydrogens is 400 g/mol. The summed E-state index contributed by atoms with van der Waals surface area (Å²) in [5.74, 6) is -0.392. The van der Waals surface area contributed by atoms with E-state index in [1.54, 1.807) is 38.2 Å². The smallest absolute Gasteiger partial charge is 0.343 e. The zero-order valence-corrected chi connectivity index (χ0v) is 17.0. The molecule has 28 heavy (non-hydrogen) atoms. The third kappa shape index (κ3) is 3.87. The SMILES string of the molecule is CCN(CC)S(=O)(=O)c1cc(C(=O)Oc2cccc3cccnc23)ccc1Cl. The minimum absolute atomic E-state index is 0.0512. The largest absolute Gasteiger partial charge is 0.421 e. The molecule has 2 aromatic carbocycles. The second-order valence-corrected chi connectivity index (χ2v) is 8.27. The summed E-state index contributed by atoms with van der Waals surface area (Å²) in [4.78, 5) is 16.8. The number of halogens is 1. The van der Waals surface area contributed by atoms with Gasteiger partial charge in [-0.1, -0.05) is 43.6 Å². The number of para-hydroxylation sites is 1. The summed E-state index contributed by atoms with van der Waals surface area (Å²) < 4.78 is 32.4. The third-order valence-corrected chi connectivity index (χ3v) is 6.82. The fraction of sp³-hybridized carbons (Fsp3) is 0.200. The molecule has 0 N–H and O–H groups in total. The van der Waals surface area contributed by atoms with E-state index >= 15 is 0 Å². The molecule has 1 heterocycles. The van der Waals surface area contributed by atoms with Crippen molar-refractivity contribution >= 4 is 38.5 Å². The van der Waals surface area contributed by atoms with Gasteiger partial charge in [-0.25, -0.2) is 13.2 Å². The van der Waals surface area contributed by atoms with Crippen molar-refractivity contribution in [3.63, 3.8) is 0 Å². The van der Waals surface area contributed by atoms with Crippen molar-refractivity contribution in [3.05, 3.63) is 65.3 Å². The molecule has 6 nitrogen and oxygen atoms in total. The van der Waals surface area contributed by atoms with E-state index in [0.717, 1.165) is 5.39 Å². The topological polar surface area (TPSA) is 76.6 Å². The van der Waals surface area contributed by atoms with Gasteiger partial charge in [0.1, 0.15) is 10.4 Å². The highest BCUT2D eigenvalue weighted by Crippen LogP contribution is 2.28. The Hall–Kier alpha value is -2.48. The molecule has 0 saturated heterocycles. The van der Waals surface area contributed by atoms with Crippen molar-refractivity contribution in [3.8, 4) is 5.75 Å². The van der Waals surface area contributed by atoms with Gasteiger partial charge in [-0.15, -0.1) is 0 Å². The van der Waals surface area contributed by atoms with Crippen molar-refractivity contribution in [2.75, 3.05) is 13.1 Å². The Balaban J connectivity index is 1.97. The molecule has 3 rings (SSSR count). The molecule has 0 aliphatic rings. The number of sulfonamides is 1. The quantitative estimate of drug-likeness (QED) is 0.444. The zero-order valence-electron chi connectivity index (χ0n) is 15.4. The lowest BCUT2D eigenvalue weighted by atomic mass is 10.2. The number of hydrogen-bond donors (Lipinski definition) is 0. The fourth-order valence-corrected chi connectivity index (χ4v) is 4.81. The normalized spacial score (nSPS) is 11.7. The van der Waals surface area contributed by atoms with Gasteiger partial charge >= 0.3 is 5.97 Å². The van der Waals surface area contributed by atoms with Crippen LogP contribution in [0.2, 0.25) is 5.02 Å². The van der Waals surface area contributed by atoms with E-state index in [1.807, 2.05) is 12.1 Å². The van der Waals surface area contributed by atoms with Crippen LogP contribution >= 0.6 is 11.6 Å². The first-order chi connectivity index (χ1) is 13.4. The Kier molecular flexibility index (Phi) is 5.98. The van der Waals surface area contributed by atoms with Gasteiger partial charge in [0.2, 0.25) is 10.0 Å². The average Bonchev–Trinajstić information content (AvgIpc) is 2.69. The van der Waals surface area contributed by atoms with Gasteiger partial charge in [-0.2, -0.15) is 4.31 Å². The Morgan fingerprint density at radius 1 is 1.11 bits per heavy atom. The molecule has 0 bridgehead atoms. The van der Waals surface area contributed by atoms with Gasteiger partial charge < -0.3 is 4.74 Å². The van der Waals surface area contributed by atoms with Crippen LogP contribution in [0, 0.1) is 0 Å². The van der Waals surface area contributed by atoms with Gasteiger partial charge in [-0.05, 0) is 30.3 Å². The molecule has 8 heteroatoms. The predicted molar refractivity (Wildman–Crippen MR) is 108 cm³/mol. The monoisotopic (exact) mass is 418 g/mol. The molecular formula is C20H19ClN2O4S. The Bertz CT molecular complexity index is 1120. The van der Waals surface area contributed by atoms with E-state index in [-0.39, 0.29) is 15.5 Å². The van der Waals surface area contributed by atoms with Crippen LogP contribution in [-0.2, 0) is 10.0 Å². The van der Waals surface area contributed by atoms with Crippen LogP contribution in [0.3, 0.4) is 0 Å². The lowest BCUT2D eigenvalue weighted by Gasteiger charge is -2.19. The molecule has 0 spiro atoms. The van der Waals surface area contributed by atoms with Crippen LogP contribution in [0.25, 0.3) is 10.9 Å². The predicted octanol–water partition coefficient (Wildman–Crippen LogP) is 4.14. The first-order valence-corrected chi connectivity index (χ1v) is 10.6. The van der Waals surface area contributed by atoms with Crippen molar-refractivity contribution in [1.82, 2.24) is 9.29 Å². The summed E-state index contributed by atoms with van der Waals surface area (Å²) in [5, 5.41) is 0.879. The minimum atomic E-state index is -3.81. The van der Waals surface area contributed by atoms with Crippen LogP contribution in [0.4, 0.5) is 0 Å². The summed E-state index contributed by atoms with van der Waals surface area (Å²) >= 11 is 6.11. The average molecular weight is 419 g/mol. The van der Waals surface area contributed by atoms with Crippen LogP contribution < -0.4 is 4.74 Å². The number of carbonyl (C=O) groups excluding carboxylic acids is 1. The molecule has 0 aliphatic carbocycles. The van der Waals surface area contributed by atoms with Crippen LogP contribution in [0.15, 0.2) is 59.6 Å². The molecule has 1 aromatic heterocycles. The maximum atomic E-state index is 12.8. The maximum absolute atomic E-state index is 12.8. The highest BCUT2D eigenvalue weighted by atomic mass is 35.5. The van der Waals surface area contributed by atoms with Crippen LogP contribution in [-0.4, -0.2) is 36.8 Å². The summed E-state index contributed by atoms with van der Waals surface area (Å²) in [6.45, 7) is 4.07. The van der Waals surface area contributed by atoms with Crippen molar-refractivity contribution in [1.29, 1.82) is 0 Å². The first-order valence-electron chi connectivity index (χ1n) is 8.74. The Labute approximate surface area is 168 Å². The number of rotatable bonds is 6. The molecule has 0 atom stereocenters. The van der Waals surface area contributed by atoms with E-state index in [4.69, 9.17) is 16.3 Å². The van der Waals surface area contributed by atoms with Gasteiger partial charge in [0.25, 0.3) is 0 Å².